The molecule has 0 spiro atoms. The third-order valence-electron chi connectivity index (χ3n) is 1.45. The van der Waals surface area contributed by atoms with Gasteiger partial charge in [-0.05, 0) is 12.2 Å². The second-order valence-electron chi connectivity index (χ2n) is 2.00. The van der Waals surface area contributed by atoms with E-state index in [2.05, 4.69) is 4.98 Å². The molecule has 0 amide bonds. The Morgan fingerprint density at radius 1 is 1.33 bits per heavy atom. The van der Waals surface area contributed by atoms with Gasteiger partial charge in [-0.15, -0.1) is 0 Å². The lowest BCUT2D eigenvalue weighted by atomic mass is 10.0. The topological polar surface area (TPSA) is 32.9 Å². The van der Waals surface area contributed by atoms with E-state index in [4.69, 9.17) is 0 Å². The SMILES string of the molecule is O=c1cc[nH]c2c1C=C2. The van der Waals surface area contributed by atoms with Crippen molar-refractivity contribution in [3.8, 4) is 0 Å². The van der Waals surface area contributed by atoms with Crippen LogP contribution in [-0.4, -0.2) is 4.98 Å². The van der Waals surface area contributed by atoms with Crippen molar-refractivity contribution in [3.05, 3.63) is 33.7 Å². The number of hydrogen-bond donors (Lipinski definition) is 1. The van der Waals surface area contributed by atoms with Gasteiger partial charge in [0.1, 0.15) is 0 Å². The summed E-state index contributed by atoms with van der Waals surface area (Å²) in [5, 5.41) is 0. The standard InChI is InChI=1S/C7H5NO/c9-7-3-4-8-6-2-1-5(6)7/h1-4H,(H,8,9). The van der Waals surface area contributed by atoms with Crippen LogP contribution >= 0.6 is 0 Å². The predicted octanol–water partition coefficient (Wildman–Crippen LogP) is 0.859. The van der Waals surface area contributed by atoms with E-state index < -0.39 is 0 Å². The van der Waals surface area contributed by atoms with Gasteiger partial charge in [0.2, 0.25) is 0 Å². The summed E-state index contributed by atoms with van der Waals surface area (Å²) in [6.45, 7) is 0. The van der Waals surface area contributed by atoms with Crippen LogP contribution in [0.4, 0.5) is 0 Å². The fourth-order valence-corrected chi connectivity index (χ4v) is 0.888. The summed E-state index contributed by atoms with van der Waals surface area (Å²) in [5.74, 6) is 0. The Kier molecular flexibility index (Phi) is 0.681. The van der Waals surface area contributed by atoms with Crippen molar-refractivity contribution >= 4 is 12.2 Å². The number of nitrogens with one attached hydrogen (secondary N) is 1. The van der Waals surface area contributed by atoms with Crippen molar-refractivity contribution in [1.29, 1.82) is 0 Å². The van der Waals surface area contributed by atoms with Crippen molar-refractivity contribution in [2.75, 3.05) is 0 Å². The van der Waals surface area contributed by atoms with Gasteiger partial charge in [-0.25, -0.2) is 0 Å². The molecule has 2 nitrogen and oxygen atoms in total. The molecule has 1 aliphatic carbocycles. The molecule has 0 radical (unpaired) electrons. The molecule has 1 heterocycles. The van der Waals surface area contributed by atoms with E-state index in [1.165, 1.54) is 6.07 Å². The first kappa shape index (κ1) is 4.56. The van der Waals surface area contributed by atoms with Gasteiger partial charge < -0.3 is 4.98 Å². The quantitative estimate of drug-likeness (QED) is 0.548. The molecule has 0 saturated carbocycles. The minimum Gasteiger partial charge on any atom is -0.361 e. The molecule has 0 aromatic carbocycles. The molecule has 1 N–H and O–H groups in total. The normalized spacial score (nSPS) is 12.4. The third-order valence-corrected chi connectivity index (χ3v) is 1.45. The highest BCUT2D eigenvalue weighted by Gasteiger charge is 2.06. The number of hydrogen-bond acceptors (Lipinski definition) is 1. The van der Waals surface area contributed by atoms with Crippen molar-refractivity contribution in [2.24, 2.45) is 0 Å². The van der Waals surface area contributed by atoms with Crippen LogP contribution in [0, 0.1) is 0 Å². The maximum absolute atomic E-state index is 10.8. The number of H-pyrrole nitrogens is 1. The van der Waals surface area contributed by atoms with Gasteiger partial charge in [0.15, 0.2) is 5.43 Å². The number of aromatic amines is 1. The molecule has 0 saturated heterocycles. The molecule has 1 aliphatic rings. The summed E-state index contributed by atoms with van der Waals surface area (Å²) in [6.07, 6.45) is 5.36. The second kappa shape index (κ2) is 1.35. The number of pyridine rings is 1. The zero-order valence-corrected chi connectivity index (χ0v) is 4.72. The smallest absolute Gasteiger partial charge is 0.189 e. The van der Waals surface area contributed by atoms with Crippen LogP contribution in [0.25, 0.3) is 12.2 Å². The minimum absolute atomic E-state index is 0.103. The molecule has 44 valence electrons. The average molecular weight is 119 g/mol. The third kappa shape index (κ3) is 0.470. The van der Waals surface area contributed by atoms with E-state index in [9.17, 15) is 4.79 Å². The molecule has 2 heteroatoms. The fourth-order valence-electron chi connectivity index (χ4n) is 0.888. The number of fused-ring (bicyclic) bond motifs is 1. The molecule has 1 aromatic heterocycles. The average Bonchev–Trinajstić information content (AvgIpc) is 1.74. The minimum atomic E-state index is 0.103. The Morgan fingerprint density at radius 2 is 2.22 bits per heavy atom. The van der Waals surface area contributed by atoms with Gasteiger partial charge in [-0.3, -0.25) is 4.79 Å². The van der Waals surface area contributed by atoms with Crippen molar-refractivity contribution in [2.45, 2.75) is 0 Å². The predicted molar refractivity (Wildman–Crippen MR) is 36.0 cm³/mol. The molecule has 2 rings (SSSR count). The summed E-state index contributed by atoms with van der Waals surface area (Å²) in [4.78, 5) is 13.8. The van der Waals surface area contributed by atoms with Crippen molar-refractivity contribution < 1.29 is 0 Å². The van der Waals surface area contributed by atoms with E-state index in [0.29, 0.717) is 0 Å². The lowest BCUT2D eigenvalue weighted by Gasteiger charge is -2.05. The molecule has 0 unspecified atom stereocenters. The lowest BCUT2D eigenvalue weighted by Crippen LogP contribution is -2.10. The van der Waals surface area contributed by atoms with Crippen LogP contribution in [0.1, 0.15) is 11.3 Å². The Balaban J connectivity index is 2.85. The van der Waals surface area contributed by atoms with Gasteiger partial charge in [0.05, 0.1) is 0 Å². The Bertz CT molecular complexity index is 322. The first-order chi connectivity index (χ1) is 4.38. The second-order valence-corrected chi connectivity index (χ2v) is 2.00. The molecule has 9 heavy (non-hydrogen) atoms. The molecule has 1 aromatic rings. The van der Waals surface area contributed by atoms with Gasteiger partial charge in [-0.2, -0.15) is 0 Å². The molecule has 0 fully saturated rings. The summed E-state index contributed by atoms with van der Waals surface area (Å²) in [5.41, 5.74) is 1.85. The Hall–Kier alpha value is -1.31. The largest absolute Gasteiger partial charge is 0.361 e. The van der Waals surface area contributed by atoms with E-state index in [1.807, 2.05) is 12.2 Å². The van der Waals surface area contributed by atoms with Crippen LogP contribution < -0.4 is 5.43 Å². The molecular formula is C7H5NO. The molecule has 0 bridgehead atoms. The summed E-state index contributed by atoms with van der Waals surface area (Å²) < 4.78 is 0. The fraction of sp³-hybridized carbons (Fsp3) is 0. The summed E-state index contributed by atoms with van der Waals surface area (Å²) >= 11 is 0. The van der Waals surface area contributed by atoms with E-state index >= 15 is 0 Å². The number of aromatic nitrogens is 1. The highest BCUT2D eigenvalue weighted by Crippen LogP contribution is 2.14. The first-order valence-corrected chi connectivity index (χ1v) is 2.78. The Labute approximate surface area is 51.8 Å². The summed E-state index contributed by atoms with van der Waals surface area (Å²) in [7, 11) is 0. The van der Waals surface area contributed by atoms with Crippen LogP contribution in [0.15, 0.2) is 17.1 Å². The van der Waals surface area contributed by atoms with Crippen LogP contribution in [-0.2, 0) is 0 Å². The van der Waals surface area contributed by atoms with E-state index in [-0.39, 0.29) is 5.43 Å². The van der Waals surface area contributed by atoms with Crippen LogP contribution in [0.2, 0.25) is 0 Å². The molecular weight excluding hydrogens is 114 g/mol. The monoisotopic (exact) mass is 119 g/mol. The van der Waals surface area contributed by atoms with Crippen LogP contribution in [0.5, 0.6) is 0 Å². The van der Waals surface area contributed by atoms with Gasteiger partial charge >= 0.3 is 0 Å². The first-order valence-electron chi connectivity index (χ1n) is 2.78. The van der Waals surface area contributed by atoms with Gasteiger partial charge in [0.25, 0.3) is 0 Å². The lowest BCUT2D eigenvalue weighted by molar-refractivity contribution is 1.24. The highest BCUT2D eigenvalue weighted by molar-refractivity contribution is 5.82. The van der Waals surface area contributed by atoms with Crippen molar-refractivity contribution in [1.82, 2.24) is 4.98 Å². The zero-order valence-electron chi connectivity index (χ0n) is 4.72. The van der Waals surface area contributed by atoms with E-state index in [1.54, 1.807) is 6.20 Å². The summed E-state index contributed by atoms with van der Waals surface area (Å²) in [6, 6.07) is 1.53. The van der Waals surface area contributed by atoms with Crippen LogP contribution in [0.3, 0.4) is 0 Å². The molecule has 0 aliphatic heterocycles. The Morgan fingerprint density at radius 3 is 2.67 bits per heavy atom. The maximum atomic E-state index is 10.8. The van der Waals surface area contributed by atoms with Crippen molar-refractivity contribution in [3.63, 3.8) is 0 Å². The maximum Gasteiger partial charge on any atom is 0.189 e. The molecule has 0 atom stereocenters. The zero-order chi connectivity index (χ0) is 6.27. The number of rotatable bonds is 0. The van der Waals surface area contributed by atoms with Gasteiger partial charge in [-0.1, -0.05) is 0 Å². The van der Waals surface area contributed by atoms with E-state index in [0.717, 1.165) is 11.3 Å². The highest BCUT2D eigenvalue weighted by atomic mass is 16.1. The van der Waals surface area contributed by atoms with Gasteiger partial charge in [0, 0.05) is 23.5 Å².